The zero-order valence-corrected chi connectivity index (χ0v) is 15.2. The molecule has 0 bridgehead atoms. The maximum Gasteiger partial charge on any atom is 0.253 e. The third-order valence-corrected chi connectivity index (χ3v) is 5.20. The maximum absolute atomic E-state index is 13.6. The quantitative estimate of drug-likeness (QED) is 0.868. The SMILES string of the molecule is CCC1(O)CCCN(C(=O)c2ccc(-c3ccc(F)c(C(N)=O)c3)cc2)C1. The van der Waals surface area contributed by atoms with Gasteiger partial charge in [-0.1, -0.05) is 25.1 Å². The second-order valence-corrected chi connectivity index (χ2v) is 7.04. The van der Waals surface area contributed by atoms with Crippen molar-refractivity contribution in [2.75, 3.05) is 13.1 Å². The average Bonchev–Trinajstić information content (AvgIpc) is 2.68. The summed E-state index contributed by atoms with van der Waals surface area (Å²) in [7, 11) is 0. The fraction of sp³-hybridized carbons (Fsp3) is 0.333. The summed E-state index contributed by atoms with van der Waals surface area (Å²) in [6.07, 6.45) is 2.10. The van der Waals surface area contributed by atoms with Crippen molar-refractivity contribution in [1.29, 1.82) is 0 Å². The predicted molar refractivity (Wildman–Crippen MR) is 101 cm³/mol. The number of nitrogens with zero attached hydrogens (tertiary/aromatic N) is 1. The highest BCUT2D eigenvalue weighted by molar-refractivity contribution is 5.96. The van der Waals surface area contributed by atoms with Gasteiger partial charge in [0.05, 0.1) is 11.2 Å². The Morgan fingerprint density at radius 1 is 1.19 bits per heavy atom. The van der Waals surface area contributed by atoms with E-state index in [0.717, 1.165) is 12.0 Å². The number of aliphatic hydroxyl groups is 1. The number of primary amides is 1. The first kappa shape index (κ1) is 19.0. The van der Waals surface area contributed by atoms with Crippen LogP contribution in [-0.2, 0) is 0 Å². The minimum Gasteiger partial charge on any atom is -0.388 e. The molecular formula is C21H23FN2O3. The topological polar surface area (TPSA) is 83.6 Å². The highest BCUT2D eigenvalue weighted by Gasteiger charge is 2.33. The van der Waals surface area contributed by atoms with E-state index >= 15 is 0 Å². The lowest BCUT2D eigenvalue weighted by atomic mass is 9.90. The number of hydrogen-bond donors (Lipinski definition) is 2. The van der Waals surface area contributed by atoms with Gasteiger partial charge < -0.3 is 15.7 Å². The Kier molecular flexibility index (Phi) is 5.28. The van der Waals surface area contributed by atoms with Crippen LogP contribution < -0.4 is 5.73 Å². The molecule has 1 atom stereocenters. The van der Waals surface area contributed by atoms with Crippen molar-refractivity contribution >= 4 is 11.8 Å². The molecule has 1 unspecified atom stereocenters. The van der Waals surface area contributed by atoms with Crippen molar-refractivity contribution in [1.82, 2.24) is 4.90 Å². The summed E-state index contributed by atoms with van der Waals surface area (Å²) in [6.45, 7) is 2.89. The Bertz CT molecular complexity index is 866. The third-order valence-electron chi connectivity index (χ3n) is 5.20. The van der Waals surface area contributed by atoms with E-state index in [1.165, 1.54) is 12.1 Å². The standard InChI is InChI=1S/C21H23FN2O3/c1-2-21(27)10-3-11-24(13-21)20(26)15-6-4-14(5-7-15)16-8-9-18(22)17(12-16)19(23)25/h4-9,12,27H,2-3,10-11,13H2,1H3,(H2,23,25). The summed E-state index contributed by atoms with van der Waals surface area (Å²) in [4.78, 5) is 25.7. The van der Waals surface area contributed by atoms with Crippen LogP contribution in [0.25, 0.3) is 11.1 Å². The molecule has 2 amide bonds. The van der Waals surface area contributed by atoms with E-state index in [9.17, 15) is 19.1 Å². The highest BCUT2D eigenvalue weighted by Crippen LogP contribution is 2.26. The van der Waals surface area contributed by atoms with Gasteiger partial charge in [-0.05, 0) is 54.7 Å². The van der Waals surface area contributed by atoms with Crippen molar-refractivity contribution in [3.63, 3.8) is 0 Å². The summed E-state index contributed by atoms with van der Waals surface area (Å²) in [5, 5.41) is 10.5. The van der Waals surface area contributed by atoms with Gasteiger partial charge in [0.25, 0.3) is 11.8 Å². The van der Waals surface area contributed by atoms with Gasteiger partial charge in [0.15, 0.2) is 0 Å². The summed E-state index contributed by atoms with van der Waals surface area (Å²) >= 11 is 0. The number of nitrogens with two attached hydrogens (primary N) is 1. The first-order valence-electron chi connectivity index (χ1n) is 9.04. The van der Waals surface area contributed by atoms with Gasteiger partial charge >= 0.3 is 0 Å². The second kappa shape index (κ2) is 7.48. The van der Waals surface area contributed by atoms with Gasteiger partial charge in [-0.3, -0.25) is 9.59 Å². The van der Waals surface area contributed by atoms with Gasteiger partial charge in [-0.25, -0.2) is 4.39 Å². The van der Waals surface area contributed by atoms with E-state index < -0.39 is 17.3 Å². The van der Waals surface area contributed by atoms with E-state index in [0.29, 0.717) is 37.1 Å². The fourth-order valence-corrected chi connectivity index (χ4v) is 3.46. The number of piperidine rings is 1. The molecule has 1 heterocycles. The molecule has 0 saturated carbocycles. The van der Waals surface area contributed by atoms with E-state index in [2.05, 4.69) is 0 Å². The number of rotatable bonds is 4. The number of carbonyl (C=O) groups excluding carboxylic acids is 2. The Balaban J connectivity index is 1.80. The molecule has 1 saturated heterocycles. The van der Waals surface area contributed by atoms with Gasteiger partial charge in [0, 0.05) is 18.7 Å². The van der Waals surface area contributed by atoms with Crippen molar-refractivity contribution in [2.45, 2.75) is 31.8 Å². The van der Waals surface area contributed by atoms with E-state index in [1.54, 1.807) is 35.2 Å². The van der Waals surface area contributed by atoms with Crippen LogP contribution in [0, 0.1) is 5.82 Å². The summed E-state index contributed by atoms with van der Waals surface area (Å²) in [6, 6.07) is 11.1. The fourth-order valence-electron chi connectivity index (χ4n) is 3.46. The van der Waals surface area contributed by atoms with Gasteiger partial charge in [-0.2, -0.15) is 0 Å². The molecule has 0 radical (unpaired) electrons. The molecule has 142 valence electrons. The molecule has 1 aliphatic heterocycles. The zero-order chi connectivity index (χ0) is 19.6. The van der Waals surface area contributed by atoms with Gasteiger partial charge in [0.1, 0.15) is 5.82 Å². The van der Waals surface area contributed by atoms with E-state index in [4.69, 9.17) is 5.73 Å². The first-order valence-corrected chi connectivity index (χ1v) is 9.04. The van der Waals surface area contributed by atoms with E-state index in [1.807, 2.05) is 6.92 Å². The van der Waals surface area contributed by atoms with Crippen molar-refractivity contribution in [3.8, 4) is 11.1 Å². The molecular weight excluding hydrogens is 347 g/mol. The van der Waals surface area contributed by atoms with Crippen molar-refractivity contribution < 1.29 is 19.1 Å². The van der Waals surface area contributed by atoms with Gasteiger partial charge in [-0.15, -0.1) is 0 Å². The molecule has 3 N–H and O–H groups in total. The highest BCUT2D eigenvalue weighted by atomic mass is 19.1. The van der Waals surface area contributed by atoms with Crippen LogP contribution in [0.15, 0.2) is 42.5 Å². The van der Waals surface area contributed by atoms with Crippen LogP contribution in [0.4, 0.5) is 4.39 Å². The summed E-state index contributed by atoms with van der Waals surface area (Å²) < 4.78 is 13.6. The second-order valence-electron chi connectivity index (χ2n) is 7.04. The van der Waals surface area contributed by atoms with Crippen LogP contribution in [0.1, 0.15) is 46.9 Å². The largest absolute Gasteiger partial charge is 0.388 e. The number of halogens is 1. The van der Waals surface area contributed by atoms with Crippen molar-refractivity contribution in [3.05, 3.63) is 59.4 Å². The minimum atomic E-state index is -0.824. The number of likely N-dealkylation sites (tertiary alicyclic amines) is 1. The van der Waals surface area contributed by atoms with Gasteiger partial charge in [0.2, 0.25) is 0 Å². The number of carbonyl (C=O) groups is 2. The predicted octanol–water partition coefficient (Wildman–Crippen LogP) is 2.97. The maximum atomic E-state index is 13.6. The molecule has 6 heteroatoms. The Labute approximate surface area is 157 Å². The molecule has 0 aliphatic carbocycles. The van der Waals surface area contributed by atoms with Crippen LogP contribution in [0.3, 0.4) is 0 Å². The molecule has 2 aromatic carbocycles. The molecule has 0 aromatic heterocycles. The summed E-state index contributed by atoms with van der Waals surface area (Å²) in [5.41, 5.74) is 6.13. The van der Waals surface area contributed by atoms with Crippen LogP contribution in [-0.4, -0.2) is 40.5 Å². The lowest BCUT2D eigenvalue weighted by Crippen LogP contribution is -2.49. The smallest absolute Gasteiger partial charge is 0.253 e. The number of β-amino-alcohol motifs (C(OH)–C–C–N with tert-alkyl or cyclic N) is 1. The zero-order valence-electron chi connectivity index (χ0n) is 15.2. The lowest BCUT2D eigenvalue weighted by Gasteiger charge is -2.38. The molecule has 5 nitrogen and oxygen atoms in total. The molecule has 0 spiro atoms. The molecule has 27 heavy (non-hydrogen) atoms. The number of amides is 2. The normalized spacial score (nSPS) is 19.7. The lowest BCUT2D eigenvalue weighted by molar-refractivity contribution is -0.0270. The monoisotopic (exact) mass is 370 g/mol. The Morgan fingerprint density at radius 3 is 2.48 bits per heavy atom. The molecule has 1 aliphatic rings. The number of benzene rings is 2. The third kappa shape index (κ3) is 4.01. The first-order chi connectivity index (χ1) is 12.8. The minimum absolute atomic E-state index is 0.120. The number of hydrogen-bond acceptors (Lipinski definition) is 3. The van der Waals surface area contributed by atoms with E-state index in [-0.39, 0.29) is 11.5 Å². The molecule has 1 fully saturated rings. The molecule has 2 aromatic rings. The Hall–Kier alpha value is -2.73. The summed E-state index contributed by atoms with van der Waals surface area (Å²) in [5.74, 6) is -1.61. The van der Waals surface area contributed by atoms with Crippen LogP contribution in [0.2, 0.25) is 0 Å². The van der Waals surface area contributed by atoms with Crippen LogP contribution in [0.5, 0.6) is 0 Å². The molecule has 3 rings (SSSR count). The average molecular weight is 370 g/mol. The van der Waals surface area contributed by atoms with Crippen LogP contribution >= 0.6 is 0 Å². The Morgan fingerprint density at radius 2 is 1.85 bits per heavy atom. The van der Waals surface area contributed by atoms with Crippen molar-refractivity contribution in [2.24, 2.45) is 5.73 Å².